The third-order valence-corrected chi connectivity index (χ3v) is 5.39. The molecule has 0 aromatic heterocycles. The smallest absolute Gasteiger partial charge is 0.244 e. The summed E-state index contributed by atoms with van der Waals surface area (Å²) < 4.78 is 24.3. The van der Waals surface area contributed by atoms with Crippen LogP contribution in [0.2, 0.25) is 5.02 Å². The number of rotatable bonds is 8. The zero-order chi connectivity index (χ0) is 23.1. The molecule has 3 aromatic rings. The Bertz CT molecular complexity index is 1110. The summed E-state index contributed by atoms with van der Waals surface area (Å²) in [7, 11) is 1.60. The third-order valence-electron chi connectivity index (χ3n) is 4.79. The van der Waals surface area contributed by atoms with Gasteiger partial charge in [-0.15, -0.1) is 0 Å². The topological polar surface area (TPSA) is 59.9 Å². The van der Waals surface area contributed by atoms with E-state index in [0.29, 0.717) is 17.9 Å². The summed E-state index contributed by atoms with van der Waals surface area (Å²) in [4.78, 5) is 12.0. The maximum Gasteiger partial charge on any atom is 0.244 e. The molecule has 3 aromatic carbocycles. The Balaban J connectivity index is 1.63. The summed E-state index contributed by atoms with van der Waals surface area (Å²) in [5.74, 6) is 0.773. The van der Waals surface area contributed by atoms with Gasteiger partial charge >= 0.3 is 0 Å². The first-order valence-electron chi connectivity index (χ1n) is 9.98. The van der Waals surface area contributed by atoms with E-state index in [1.165, 1.54) is 12.1 Å². The molecule has 1 N–H and O–H groups in total. The van der Waals surface area contributed by atoms with E-state index >= 15 is 0 Å². The number of hydrogen-bond donors (Lipinski definition) is 1. The monoisotopic (exact) mass is 454 g/mol. The molecule has 0 saturated carbocycles. The summed E-state index contributed by atoms with van der Waals surface area (Å²) in [5.41, 5.74) is 6.69. The number of aryl methyl sites for hydroxylation is 2. The van der Waals surface area contributed by atoms with E-state index in [1.807, 2.05) is 44.2 Å². The van der Waals surface area contributed by atoms with Crippen molar-refractivity contribution in [3.05, 3.63) is 93.3 Å². The van der Waals surface area contributed by atoms with Crippen LogP contribution in [0.5, 0.6) is 11.5 Å². The predicted molar refractivity (Wildman–Crippen MR) is 124 cm³/mol. The number of hydrogen-bond acceptors (Lipinski definition) is 4. The molecule has 32 heavy (non-hydrogen) atoms. The molecular weight excluding hydrogens is 431 g/mol. The Labute approximate surface area is 191 Å². The molecule has 7 heteroatoms. The van der Waals surface area contributed by atoms with Crippen molar-refractivity contribution in [1.29, 1.82) is 0 Å². The lowest BCUT2D eigenvalue weighted by molar-refractivity contribution is -0.120. The van der Waals surface area contributed by atoms with Crippen molar-refractivity contribution >= 4 is 23.7 Å². The number of amides is 1. The Morgan fingerprint density at radius 1 is 1.09 bits per heavy atom. The van der Waals surface area contributed by atoms with E-state index < -0.39 is 0 Å². The number of halogens is 2. The number of nitrogens with zero attached hydrogens (tertiary/aromatic N) is 1. The quantitative estimate of drug-likeness (QED) is 0.367. The highest BCUT2D eigenvalue weighted by Gasteiger charge is 2.08. The molecule has 3 rings (SSSR count). The molecule has 166 valence electrons. The summed E-state index contributed by atoms with van der Waals surface area (Å²) in [6.45, 7) is 4.16. The molecule has 5 nitrogen and oxygen atoms in total. The maximum atomic E-state index is 13.0. The van der Waals surface area contributed by atoms with Crippen LogP contribution < -0.4 is 14.9 Å². The van der Waals surface area contributed by atoms with Crippen LogP contribution in [0.25, 0.3) is 0 Å². The normalized spacial score (nSPS) is 10.9. The predicted octanol–water partition coefficient (Wildman–Crippen LogP) is 5.38. The number of carbonyl (C=O) groups excluding carboxylic acids is 1. The number of ether oxygens (including phenoxy) is 2. The fourth-order valence-corrected chi connectivity index (χ4v) is 3.26. The van der Waals surface area contributed by atoms with Crippen LogP contribution in [0.4, 0.5) is 4.39 Å². The molecule has 0 saturated heterocycles. The van der Waals surface area contributed by atoms with Crippen molar-refractivity contribution in [2.45, 2.75) is 26.9 Å². The largest absolute Gasteiger partial charge is 0.496 e. The summed E-state index contributed by atoms with van der Waals surface area (Å²) >= 11 is 6.22. The minimum atomic E-state index is -0.340. The molecule has 0 aliphatic carbocycles. The molecule has 0 radical (unpaired) electrons. The SMILES string of the molecule is COc1ccc(/C=N/NC(=O)Cc2ccc(F)cc2)cc1COc1cc(C)c(Cl)c(C)c1. The Hall–Kier alpha value is -3.38. The van der Waals surface area contributed by atoms with Gasteiger partial charge in [-0.05, 0) is 78.6 Å². The van der Waals surface area contributed by atoms with Crippen molar-refractivity contribution in [1.82, 2.24) is 5.43 Å². The lowest BCUT2D eigenvalue weighted by Crippen LogP contribution is -2.19. The number of methoxy groups -OCH3 is 1. The average Bonchev–Trinajstić information content (AvgIpc) is 2.77. The van der Waals surface area contributed by atoms with Gasteiger partial charge in [0, 0.05) is 10.6 Å². The second kappa shape index (κ2) is 10.8. The van der Waals surface area contributed by atoms with E-state index in [4.69, 9.17) is 21.1 Å². The average molecular weight is 455 g/mol. The van der Waals surface area contributed by atoms with Crippen LogP contribution in [-0.4, -0.2) is 19.2 Å². The van der Waals surface area contributed by atoms with Gasteiger partial charge in [-0.25, -0.2) is 9.82 Å². The number of nitrogens with one attached hydrogen (secondary N) is 1. The molecular formula is C25H24ClFN2O3. The highest BCUT2D eigenvalue weighted by Crippen LogP contribution is 2.27. The highest BCUT2D eigenvalue weighted by atomic mass is 35.5. The van der Waals surface area contributed by atoms with Crippen LogP contribution in [0, 0.1) is 19.7 Å². The fraction of sp³-hybridized carbons (Fsp3) is 0.200. The maximum absolute atomic E-state index is 13.0. The van der Waals surface area contributed by atoms with Gasteiger partial charge in [0.25, 0.3) is 0 Å². The molecule has 0 spiro atoms. The van der Waals surface area contributed by atoms with Crippen LogP contribution in [0.3, 0.4) is 0 Å². The zero-order valence-corrected chi connectivity index (χ0v) is 18.9. The second-order valence-electron chi connectivity index (χ2n) is 7.33. The number of hydrazone groups is 1. The van der Waals surface area contributed by atoms with E-state index in [0.717, 1.165) is 33.0 Å². The minimum Gasteiger partial charge on any atom is -0.496 e. The van der Waals surface area contributed by atoms with E-state index in [-0.39, 0.29) is 18.1 Å². The van der Waals surface area contributed by atoms with Crippen LogP contribution in [-0.2, 0) is 17.8 Å². The van der Waals surface area contributed by atoms with Crippen LogP contribution in [0.1, 0.15) is 27.8 Å². The third kappa shape index (κ3) is 6.31. The summed E-state index contributed by atoms with van der Waals surface area (Å²) in [6.07, 6.45) is 1.65. The zero-order valence-electron chi connectivity index (χ0n) is 18.1. The molecule has 0 unspecified atom stereocenters. The molecule has 1 amide bonds. The number of benzene rings is 3. The molecule has 0 heterocycles. The lowest BCUT2D eigenvalue weighted by atomic mass is 10.1. The van der Waals surface area contributed by atoms with Crippen LogP contribution in [0.15, 0.2) is 59.7 Å². The molecule has 0 fully saturated rings. The Morgan fingerprint density at radius 2 is 1.78 bits per heavy atom. The first kappa shape index (κ1) is 23.3. The number of carbonyl (C=O) groups is 1. The van der Waals surface area contributed by atoms with Crippen molar-refractivity contribution < 1.29 is 18.7 Å². The van der Waals surface area contributed by atoms with Gasteiger partial charge in [-0.2, -0.15) is 5.10 Å². The molecule has 0 aliphatic heterocycles. The van der Waals surface area contributed by atoms with Crippen molar-refractivity contribution in [3.63, 3.8) is 0 Å². The fourth-order valence-electron chi connectivity index (χ4n) is 3.15. The van der Waals surface area contributed by atoms with Gasteiger partial charge in [0.05, 0.1) is 19.7 Å². The first-order chi connectivity index (χ1) is 15.4. The Morgan fingerprint density at radius 3 is 2.44 bits per heavy atom. The summed E-state index contributed by atoms with van der Waals surface area (Å²) in [6, 6.07) is 15.1. The standard InChI is InChI=1S/C25H24ClFN2O3/c1-16-10-22(11-17(2)25(16)26)32-15-20-12-19(6-9-23(20)31-3)14-28-29-24(30)13-18-4-7-21(27)8-5-18/h4-12,14H,13,15H2,1-3H3,(H,29,30)/b28-14+. The minimum absolute atomic E-state index is 0.110. The summed E-state index contributed by atoms with van der Waals surface area (Å²) in [5, 5.41) is 4.74. The van der Waals surface area contributed by atoms with Gasteiger partial charge in [0.2, 0.25) is 5.91 Å². The Kier molecular flexibility index (Phi) is 7.84. The van der Waals surface area contributed by atoms with Gasteiger partial charge in [-0.3, -0.25) is 4.79 Å². The molecule has 0 aliphatic rings. The highest BCUT2D eigenvalue weighted by molar-refractivity contribution is 6.32. The van der Waals surface area contributed by atoms with Crippen molar-refractivity contribution in [2.24, 2.45) is 5.10 Å². The van der Waals surface area contributed by atoms with E-state index in [2.05, 4.69) is 10.5 Å². The van der Waals surface area contributed by atoms with Gasteiger partial charge in [0.1, 0.15) is 23.9 Å². The van der Waals surface area contributed by atoms with Gasteiger partial charge < -0.3 is 9.47 Å². The van der Waals surface area contributed by atoms with Crippen molar-refractivity contribution in [3.8, 4) is 11.5 Å². The van der Waals surface area contributed by atoms with Gasteiger partial charge in [0.15, 0.2) is 0 Å². The van der Waals surface area contributed by atoms with E-state index in [1.54, 1.807) is 25.5 Å². The first-order valence-corrected chi connectivity index (χ1v) is 10.4. The molecule has 0 bridgehead atoms. The van der Waals surface area contributed by atoms with Gasteiger partial charge in [-0.1, -0.05) is 23.7 Å². The van der Waals surface area contributed by atoms with Crippen molar-refractivity contribution in [2.75, 3.05) is 7.11 Å². The second-order valence-corrected chi connectivity index (χ2v) is 7.71. The van der Waals surface area contributed by atoms with E-state index in [9.17, 15) is 9.18 Å². The van der Waals surface area contributed by atoms with Crippen LogP contribution >= 0.6 is 11.6 Å². The lowest BCUT2D eigenvalue weighted by Gasteiger charge is -2.13. The molecule has 0 atom stereocenters.